The maximum absolute atomic E-state index is 13.2. The van der Waals surface area contributed by atoms with Gasteiger partial charge in [0.2, 0.25) is 0 Å². The Hall–Kier alpha value is -3.32. The molecule has 0 spiro atoms. The molecule has 0 saturated heterocycles. The zero-order chi connectivity index (χ0) is 22.2. The number of benzene rings is 2. The van der Waals surface area contributed by atoms with Gasteiger partial charge in [0.15, 0.2) is 17.6 Å². The minimum Gasteiger partial charge on any atom is -0.486 e. The smallest absolute Gasteiger partial charge is 0.263 e. The van der Waals surface area contributed by atoms with Gasteiger partial charge in [0.25, 0.3) is 5.91 Å². The lowest BCUT2D eigenvalue weighted by molar-refractivity contribution is 0.0524. The molecule has 3 heterocycles. The number of likely N-dealkylation sites (N-methyl/N-ethyl adjacent to an activating group) is 1. The Bertz CT molecular complexity index is 1280. The van der Waals surface area contributed by atoms with Crippen LogP contribution in [0.1, 0.15) is 26.5 Å². The summed E-state index contributed by atoms with van der Waals surface area (Å²) in [6.07, 6.45) is -0.202. The fraction of sp³-hybridized carbons (Fsp3) is 0.280. The van der Waals surface area contributed by atoms with E-state index in [0.717, 1.165) is 27.4 Å². The number of rotatable bonds is 5. The Kier molecular flexibility index (Phi) is 5.35. The second kappa shape index (κ2) is 8.31. The molecule has 164 valence electrons. The molecule has 1 aliphatic rings. The minimum absolute atomic E-state index is 0.0186. The molecule has 5 rings (SSSR count). The third-order valence-electron chi connectivity index (χ3n) is 5.66. The van der Waals surface area contributed by atoms with Crippen molar-refractivity contribution >= 4 is 27.5 Å². The van der Waals surface area contributed by atoms with Crippen LogP contribution in [0.4, 0.5) is 0 Å². The molecule has 1 amide bonds. The molecule has 1 atom stereocenters. The first-order valence-electron chi connectivity index (χ1n) is 10.6. The first-order chi connectivity index (χ1) is 15.5. The van der Waals surface area contributed by atoms with Crippen LogP contribution in [0.3, 0.4) is 0 Å². The van der Waals surface area contributed by atoms with Gasteiger partial charge in [0, 0.05) is 12.4 Å². The van der Waals surface area contributed by atoms with E-state index in [1.165, 1.54) is 22.5 Å². The Morgan fingerprint density at radius 2 is 1.91 bits per heavy atom. The van der Waals surface area contributed by atoms with Crippen molar-refractivity contribution in [3.05, 3.63) is 76.3 Å². The SMILES string of the molecule is Cc1ccc(Cn2nc(C)c3cc(C(=O)N(C)C[C@@H]4COc5ccccc5O4)sc32)cc1. The van der Waals surface area contributed by atoms with E-state index in [0.29, 0.717) is 24.6 Å². The van der Waals surface area contributed by atoms with Crippen molar-refractivity contribution in [2.75, 3.05) is 20.2 Å². The van der Waals surface area contributed by atoms with Gasteiger partial charge in [-0.3, -0.25) is 9.48 Å². The Labute approximate surface area is 191 Å². The molecule has 0 N–H and O–H groups in total. The van der Waals surface area contributed by atoms with Crippen molar-refractivity contribution in [1.82, 2.24) is 14.7 Å². The van der Waals surface area contributed by atoms with E-state index in [-0.39, 0.29) is 12.0 Å². The Morgan fingerprint density at radius 1 is 1.16 bits per heavy atom. The molecule has 0 radical (unpaired) electrons. The van der Waals surface area contributed by atoms with Gasteiger partial charge in [-0.05, 0) is 37.6 Å². The topological polar surface area (TPSA) is 56.6 Å². The number of hydrogen-bond acceptors (Lipinski definition) is 5. The van der Waals surface area contributed by atoms with Gasteiger partial charge in [-0.2, -0.15) is 5.10 Å². The molecule has 2 aromatic heterocycles. The number of carbonyl (C=O) groups excluding carboxylic acids is 1. The van der Waals surface area contributed by atoms with Gasteiger partial charge in [-0.1, -0.05) is 42.0 Å². The monoisotopic (exact) mass is 447 g/mol. The van der Waals surface area contributed by atoms with Gasteiger partial charge in [-0.25, -0.2) is 0 Å². The van der Waals surface area contributed by atoms with Gasteiger partial charge in [0.1, 0.15) is 11.4 Å². The standard InChI is InChI=1S/C25H25N3O3S/c1-16-8-10-18(11-9-16)13-28-25-20(17(2)26-28)12-23(32-25)24(29)27(3)14-19-15-30-21-6-4-5-7-22(21)31-19/h4-12,19H,13-15H2,1-3H3/t19-/m1/s1. The normalized spacial score (nSPS) is 15.2. The van der Waals surface area contributed by atoms with Gasteiger partial charge in [-0.15, -0.1) is 11.3 Å². The van der Waals surface area contributed by atoms with Crippen LogP contribution in [-0.4, -0.2) is 46.9 Å². The predicted molar refractivity (Wildman–Crippen MR) is 126 cm³/mol. The van der Waals surface area contributed by atoms with E-state index in [1.807, 2.05) is 49.0 Å². The number of para-hydroxylation sites is 2. The molecule has 6 nitrogen and oxygen atoms in total. The lowest BCUT2D eigenvalue weighted by Gasteiger charge is -2.29. The number of aryl methyl sites for hydroxylation is 2. The first kappa shape index (κ1) is 20.6. The lowest BCUT2D eigenvalue weighted by Crippen LogP contribution is -2.41. The molecule has 4 aromatic rings. The molecule has 0 unspecified atom stereocenters. The molecule has 32 heavy (non-hydrogen) atoms. The van der Waals surface area contributed by atoms with Crippen LogP contribution in [0, 0.1) is 13.8 Å². The van der Waals surface area contributed by atoms with Crippen LogP contribution in [0.25, 0.3) is 10.2 Å². The number of thiophene rings is 1. The van der Waals surface area contributed by atoms with Crippen molar-refractivity contribution < 1.29 is 14.3 Å². The number of fused-ring (bicyclic) bond motifs is 2. The summed E-state index contributed by atoms with van der Waals surface area (Å²) in [6.45, 7) is 5.63. The molecule has 0 aliphatic carbocycles. The third kappa shape index (κ3) is 3.96. The number of nitrogens with zero attached hydrogens (tertiary/aromatic N) is 3. The fourth-order valence-corrected chi connectivity index (χ4v) is 5.08. The average Bonchev–Trinajstić information content (AvgIpc) is 3.36. The highest BCUT2D eigenvalue weighted by atomic mass is 32.1. The zero-order valence-electron chi connectivity index (χ0n) is 18.4. The largest absolute Gasteiger partial charge is 0.486 e. The summed E-state index contributed by atoms with van der Waals surface area (Å²) in [5.41, 5.74) is 3.36. The van der Waals surface area contributed by atoms with E-state index in [9.17, 15) is 4.79 Å². The quantitative estimate of drug-likeness (QED) is 0.446. The summed E-state index contributed by atoms with van der Waals surface area (Å²) in [4.78, 5) is 16.6. The molecule has 2 aromatic carbocycles. The Balaban J connectivity index is 1.32. The van der Waals surface area contributed by atoms with E-state index in [4.69, 9.17) is 14.6 Å². The molecule has 7 heteroatoms. The van der Waals surface area contributed by atoms with Crippen LogP contribution in [0.2, 0.25) is 0 Å². The highest BCUT2D eigenvalue weighted by Crippen LogP contribution is 2.32. The van der Waals surface area contributed by atoms with E-state index in [1.54, 1.807) is 4.90 Å². The Morgan fingerprint density at radius 3 is 2.69 bits per heavy atom. The highest BCUT2D eigenvalue weighted by Gasteiger charge is 2.25. The van der Waals surface area contributed by atoms with Crippen molar-refractivity contribution in [3.63, 3.8) is 0 Å². The summed E-state index contributed by atoms with van der Waals surface area (Å²) in [5, 5.41) is 5.73. The van der Waals surface area contributed by atoms with Crippen LogP contribution >= 0.6 is 11.3 Å². The first-order valence-corrected chi connectivity index (χ1v) is 11.5. The van der Waals surface area contributed by atoms with Crippen LogP contribution in [-0.2, 0) is 6.54 Å². The predicted octanol–water partition coefficient (Wildman–Crippen LogP) is 4.67. The summed E-state index contributed by atoms with van der Waals surface area (Å²) >= 11 is 1.49. The van der Waals surface area contributed by atoms with Crippen molar-refractivity contribution in [3.8, 4) is 11.5 Å². The van der Waals surface area contributed by atoms with Gasteiger partial charge in [0.05, 0.1) is 23.7 Å². The maximum Gasteiger partial charge on any atom is 0.263 e. The van der Waals surface area contributed by atoms with Gasteiger partial charge < -0.3 is 14.4 Å². The minimum atomic E-state index is -0.202. The fourth-order valence-electron chi connectivity index (χ4n) is 3.92. The maximum atomic E-state index is 13.2. The second-order valence-electron chi connectivity index (χ2n) is 8.24. The number of aromatic nitrogens is 2. The van der Waals surface area contributed by atoms with Crippen molar-refractivity contribution in [1.29, 1.82) is 0 Å². The number of ether oxygens (including phenoxy) is 2. The van der Waals surface area contributed by atoms with Crippen LogP contribution in [0.5, 0.6) is 11.5 Å². The van der Waals surface area contributed by atoms with E-state index >= 15 is 0 Å². The highest BCUT2D eigenvalue weighted by molar-refractivity contribution is 7.20. The zero-order valence-corrected chi connectivity index (χ0v) is 19.2. The van der Waals surface area contributed by atoms with Crippen molar-refractivity contribution in [2.24, 2.45) is 0 Å². The summed E-state index contributed by atoms with van der Waals surface area (Å²) in [6, 6.07) is 18.0. The molecule has 1 aliphatic heterocycles. The molecule has 0 bridgehead atoms. The molecule has 0 saturated carbocycles. The number of hydrogen-bond donors (Lipinski definition) is 0. The van der Waals surface area contributed by atoms with Gasteiger partial charge >= 0.3 is 0 Å². The molecular weight excluding hydrogens is 422 g/mol. The third-order valence-corrected chi connectivity index (χ3v) is 6.80. The summed E-state index contributed by atoms with van der Waals surface area (Å²) < 4.78 is 13.8. The summed E-state index contributed by atoms with van der Waals surface area (Å²) in [7, 11) is 1.81. The number of carbonyl (C=O) groups is 1. The van der Waals surface area contributed by atoms with Crippen LogP contribution < -0.4 is 9.47 Å². The molecular formula is C25H25N3O3S. The average molecular weight is 448 g/mol. The van der Waals surface area contributed by atoms with Crippen LogP contribution in [0.15, 0.2) is 54.6 Å². The number of amides is 1. The van der Waals surface area contributed by atoms with Crippen molar-refractivity contribution in [2.45, 2.75) is 26.5 Å². The molecule has 0 fully saturated rings. The summed E-state index contributed by atoms with van der Waals surface area (Å²) in [5.74, 6) is 1.45. The lowest BCUT2D eigenvalue weighted by atomic mass is 10.1. The second-order valence-corrected chi connectivity index (χ2v) is 9.27. The van der Waals surface area contributed by atoms with E-state index in [2.05, 4.69) is 31.2 Å². The van der Waals surface area contributed by atoms with E-state index < -0.39 is 0 Å².